The Bertz CT molecular complexity index is 768. The van der Waals surface area contributed by atoms with Crippen molar-refractivity contribution in [2.24, 2.45) is 0 Å². The Morgan fingerprint density at radius 3 is 2.55 bits per heavy atom. The lowest BCUT2D eigenvalue weighted by Gasteiger charge is -2.11. The molecule has 0 bridgehead atoms. The molecule has 9 heteroatoms. The van der Waals surface area contributed by atoms with Gasteiger partial charge in [0.15, 0.2) is 0 Å². The quantitative estimate of drug-likeness (QED) is 0.777. The van der Waals surface area contributed by atoms with Crippen LogP contribution in [0.3, 0.4) is 0 Å². The molecule has 0 fully saturated rings. The van der Waals surface area contributed by atoms with Crippen LogP contribution in [0.1, 0.15) is 0 Å². The Morgan fingerprint density at radius 2 is 1.90 bits per heavy atom. The van der Waals surface area contributed by atoms with Gasteiger partial charge in [-0.15, -0.1) is 0 Å². The molecule has 0 unspecified atom stereocenters. The van der Waals surface area contributed by atoms with Crippen LogP contribution in [0.25, 0.3) is 0 Å². The number of nitrogens with one attached hydrogen (secondary N) is 1. The van der Waals surface area contributed by atoms with Gasteiger partial charge in [0.2, 0.25) is 0 Å². The van der Waals surface area contributed by atoms with Gasteiger partial charge in [0.25, 0.3) is 10.0 Å². The van der Waals surface area contributed by atoms with Gasteiger partial charge in [-0.25, -0.2) is 13.4 Å². The standard InChI is InChI=1S/C11H8BrCl2N3O2S/c12-11-8(15)3-7(14)4-9(11)20(18,19)17-10-5-6(13)1-2-16-10/h1-5H,15H2,(H,16,17). The zero-order valence-corrected chi connectivity index (χ0v) is 13.7. The van der Waals surface area contributed by atoms with Crippen molar-refractivity contribution in [3.63, 3.8) is 0 Å². The fourth-order valence-electron chi connectivity index (χ4n) is 1.43. The summed E-state index contributed by atoms with van der Waals surface area (Å²) < 4.78 is 27.1. The second-order valence-electron chi connectivity index (χ2n) is 3.77. The number of rotatable bonds is 3. The predicted molar refractivity (Wildman–Crippen MR) is 83.6 cm³/mol. The molecule has 0 amide bonds. The van der Waals surface area contributed by atoms with Crippen molar-refractivity contribution >= 4 is 60.7 Å². The molecule has 0 spiro atoms. The number of nitrogens with two attached hydrogens (primary N) is 1. The third kappa shape index (κ3) is 3.35. The molecule has 0 aliphatic heterocycles. The Hall–Kier alpha value is -1.02. The number of hydrogen-bond donors (Lipinski definition) is 2. The van der Waals surface area contributed by atoms with E-state index < -0.39 is 10.0 Å². The number of anilines is 2. The highest BCUT2D eigenvalue weighted by Crippen LogP contribution is 2.32. The molecule has 5 nitrogen and oxygen atoms in total. The molecule has 0 aliphatic carbocycles. The number of benzene rings is 1. The van der Waals surface area contributed by atoms with Gasteiger partial charge in [0, 0.05) is 28.0 Å². The number of hydrogen-bond acceptors (Lipinski definition) is 4. The molecule has 0 saturated heterocycles. The average Bonchev–Trinajstić information content (AvgIpc) is 2.33. The van der Waals surface area contributed by atoms with E-state index in [4.69, 9.17) is 28.9 Å². The number of pyridine rings is 1. The van der Waals surface area contributed by atoms with Crippen LogP contribution >= 0.6 is 39.1 Å². The summed E-state index contributed by atoms with van der Waals surface area (Å²) in [6, 6.07) is 5.66. The maximum Gasteiger partial charge on any atom is 0.264 e. The van der Waals surface area contributed by atoms with Crippen molar-refractivity contribution in [3.05, 3.63) is 45.0 Å². The number of sulfonamides is 1. The molecule has 2 rings (SSSR count). The summed E-state index contributed by atoms with van der Waals surface area (Å²) in [5.74, 6) is 0.1000. The maximum absolute atomic E-state index is 12.3. The SMILES string of the molecule is Nc1cc(Cl)cc(S(=O)(=O)Nc2cc(Cl)ccn2)c1Br. The third-order valence-electron chi connectivity index (χ3n) is 2.28. The smallest absolute Gasteiger partial charge is 0.264 e. The number of aromatic nitrogens is 1. The minimum Gasteiger partial charge on any atom is -0.398 e. The van der Waals surface area contributed by atoms with Crippen LogP contribution in [0.2, 0.25) is 10.0 Å². The Balaban J connectivity index is 2.46. The highest BCUT2D eigenvalue weighted by Gasteiger charge is 2.21. The number of nitrogens with zero attached hydrogens (tertiary/aromatic N) is 1. The van der Waals surface area contributed by atoms with E-state index in [2.05, 4.69) is 25.6 Å². The zero-order valence-electron chi connectivity index (χ0n) is 9.77. The first-order valence-corrected chi connectivity index (χ1v) is 8.22. The van der Waals surface area contributed by atoms with E-state index in [1.54, 1.807) is 0 Å². The summed E-state index contributed by atoms with van der Waals surface area (Å²) >= 11 is 14.7. The van der Waals surface area contributed by atoms with Crippen LogP contribution in [0.5, 0.6) is 0 Å². The zero-order chi connectivity index (χ0) is 14.9. The Kier molecular flexibility index (Phi) is 4.43. The van der Waals surface area contributed by atoms with E-state index >= 15 is 0 Å². The predicted octanol–water partition coefficient (Wildman–Crippen LogP) is 3.53. The average molecular weight is 397 g/mol. The van der Waals surface area contributed by atoms with Gasteiger partial charge in [0.1, 0.15) is 10.7 Å². The van der Waals surface area contributed by atoms with E-state index in [1.807, 2.05) is 0 Å². The monoisotopic (exact) mass is 395 g/mol. The molecular formula is C11H8BrCl2N3O2S. The molecule has 0 atom stereocenters. The summed E-state index contributed by atoms with van der Waals surface area (Å²) in [6.45, 7) is 0. The molecule has 0 saturated carbocycles. The van der Waals surface area contributed by atoms with Crippen molar-refractivity contribution in [2.45, 2.75) is 4.90 Å². The van der Waals surface area contributed by atoms with E-state index in [1.165, 1.54) is 30.5 Å². The molecule has 1 aromatic heterocycles. The van der Waals surface area contributed by atoms with Crippen molar-refractivity contribution in [2.75, 3.05) is 10.5 Å². The molecule has 2 aromatic rings. The number of nitrogen functional groups attached to an aromatic ring is 1. The molecule has 1 aromatic carbocycles. The lowest BCUT2D eigenvalue weighted by atomic mass is 10.3. The summed E-state index contributed by atoms with van der Waals surface area (Å²) in [5.41, 5.74) is 5.89. The lowest BCUT2D eigenvalue weighted by molar-refractivity contribution is 0.600. The van der Waals surface area contributed by atoms with Crippen LogP contribution < -0.4 is 10.5 Å². The molecule has 20 heavy (non-hydrogen) atoms. The molecule has 0 radical (unpaired) electrons. The van der Waals surface area contributed by atoms with Gasteiger partial charge >= 0.3 is 0 Å². The molecule has 1 heterocycles. The fraction of sp³-hybridized carbons (Fsp3) is 0. The van der Waals surface area contributed by atoms with Gasteiger partial charge in [-0.3, -0.25) is 4.72 Å². The Labute approximate surface area is 134 Å². The van der Waals surface area contributed by atoms with Crippen molar-refractivity contribution in [1.82, 2.24) is 4.98 Å². The third-order valence-corrected chi connectivity index (χ3v) is 5.26. The minimum atomic E-state index is -3.89. The highest BCUT2D eigenvalue weighted by atomic mass is 79.9. The second-order valence-corrected chi connectivity index (χ2v) is 7.09. The molecular weight excluding hydrogens is 389 g/mol. The second kappa shape index (κ2) is 5.77. The van der Waals surface area contributed by atoms with Crippen LogP contribution in [0, 0.1) is 0 Å². The van der Waals surface area contributed by atoms with Crippen molar-refractivity contribution < 1.29 is 8.42 Å². The first kappa shape index (κ1) is 15.4. The highest BCUT2D eigenvalue weighted by molar-refractivity contribution is 9.10. The van der Waals surface area contributed by atoms with E-state index in [-0.39, 0.29) is 25.9 Å². The van der Waals surface area contributed by atoms with E-state index in [0.29, 0.717) is 5.02 Å². The lowest BCUT2D eigenvalue weighted by Crippen LogP contribution is -2.15. The molecule has 106 valence electrons. The Morgan fingerprint density at radius 1 is 1.20 bits per heavy atom. The van der Waals surface area contributed by atoms with Gasteiger partial charge in [-0.1, -0.05) is 23.2 Å². The van der Waals surface area contributed by atoms with Gasteiger partial charge in [-0.05, 0) is 34.1 Å². The normalized spacial score (nSPS) is 11.3. The summed E-state index contributed by atoms with van der Waals surface area (Å²) in [7, 11) is -3.89. The summed E-state index contributed by atoms with van der Waals surface area (Å²) in [6.07, 6.45) is 1.39. The van der Waals surface area contributed by atoms with Crippen LogP contribution in [0.4, 0.5) is 11.5 Å². The molecule has 3 N–H and O–H groups in total. The molecule has 0 aliphatic rings. The van der Waals surface area contributed by atoms with Gasteiger partial charge in [0.05, 0.1) is 4.47 Å². The topological polar surface area (TPSA) is 85.1 Å². The fourth-order valence-corrected chi connectivity index (χ4v) is 3.89. The van der Waals surface area contributed by atoms with Crippen LogP contribution in [0.15, 0.2) is 39.8 Å². The summed E-state index contributed by atoms with van der Waals surface area (Å²) in [5, 5.41) is 0.576. The summed E-state index contributed by atoms with van der Waals surface area (Å²) in [4.78, 5) is 3.79. The van der Waals surface area contributed by atoms with E-state index in [0.717, 1.165) is 0 Å². The van der Waals surface area contributed by atoms with Crippen molar-refractivity contribution in [1.29, 1.82) is 0 Å². The first-order valence-electron chi connectivity index (χ1n) is 5.18. The first-order chi connectivity index (χ1) is 9.29. The van der Waals surface area contributed by atoms with E-state index in [9.17, 15) is 8.42 Å². The minimum absolute atomic E-state index is 0.0794. The van der Waals surface area contributed by atoms with Gasteiger partial charge in [-0.2, -0.15) is 0 Å². The van der Waals surface area contributed by atoms with Gasteiger partial charge < -0.3 is 5.73 Å². The van der Waals surface area contributed by atoms with Crippen LogP contribution in [-0.2, 0) is 10.0 Å². The van der Waals surface area contributed by atoms with Crippen LogP contribution in [-0.4, -0.2) is 13.4 Å². The van der Waals surface area contributed by atoms with Crippen molar-refractivity contribution in [3.8, 4) is 0 Å². The number of halogens is 3. The maximum atomic E-state index is 12.3. The largest absolute Gasteiger partial charge is 0.398 e.